The highest BCUT2D eigenvalue weighted by Gasteiger charge is 2.27. The minimum Gasteiger partial charge on any atom is -0.508 e. The number of phenolic OH excluding ortho intramolecular Hbond substituents is 1. The van der Waals surface area contributed by atoms with Crippen molar-refractivity contribution in [3.63, 3.8) is 0 Å². The zero-order valence-electron chi connectivity index (χ0n) is 16.9. The molecule has 2 saturated heterocycles. The van der Waals surface area contributed by atoms with Crippen LogP contribution in [0.4, 0.5) is 0 Å². The van der Waals surface area contributed by atoms with E-state index in [4.69, 9.17) is 14.5 Å². The molecule has 0 saturated carbocycles. The first kappa shape index (κ1) is 23.0. The number of likely N-dealkylation sites (tertiary alicyclic amines) is 1. The van der Waals surface area contributed by atoms with E-state index in [1.165, 1.54) is 6.42 Å². The lowest BCUT2D eigenvalue weighted by molar-refractivity contribution is 0.0315. The highest BCUT2D eigenvalue weighted by molar-refractivity contribution is 14.0. The van der Waals surface area contributed by atoms with Gasteiger partial charge in [-0.1, -0.05) is 0 Å². The summed E-state index contributed by atoms with van der Waals surface area (Å²) < 4.78 is 10.7. The number of hydrogen-bond donors (Lipinski definition) is 2. The Morgan fingerprint density at radius 1 is 1.32 bits per heavy atom. The van der Waals surface area contributed by atoms with Crippen molar-refractivity contribution in [1.29, 1.82) is 0 Å². The molecule has 3 rings (SSSR count). The van der Waals surface area contributed by atoms with Crippen molar-refractivity contribution in [2.75, 3.05) is 59.6 Å². The van der Waals surface area contributed by atoms with E-state index >= 15 is 0 Å². The third-order valence-electron chi connectivity index (χ3n) is 5.23. The SMILES string of the molecule is CCNC(=NCc1cc(OC)ccc1O)N1CCC(CN2CCOCC2)C1.I. The quantitative estimate of drug-likeness (QED) is 0.352. The van der Waals surface area contributed by atoms with Crippen molar-refractivity contribution in [3.8, 4) is 11.5 Å². The van der Waals surface area contributed by atoms with Crippen LogP contribution in [-0.2, 0) is 11.3 Å². The van der Waals surface area contributed by atoms with Gasteiger partial charge in [0, 0.05) is 44.8 Å². The number of hydrogen-bond acceptors (Lipinski definition) is 5. The molecule has 0 aromatic heterocycles. The van der Waals surface area contributed by atoms with Gasteiger partial charge in [-0.3, -0.25) is 4.90 Å². The lowest BCUT2D eigenvalue weighted by Crippen LogP contribution is -2.42. The summed E-state index contributed by atoms with van der Waals surface area (Å²) in [6.07, 6.45) is 1.19. The summed E-state index contributed by atoms with van der Waals surface area (Å²) in [4.78, 5) is 9.61. The molecule has 1 aromatic rings. The molecule has 2 aliphatic rings. The maximum atomic E-state index is 10.1. The smallest absolute Gasteiger partial charge is 0.194 e. The van der Waals surface area contributed by atoms with Crippen LogP contribution in [-0.4, -0.2) is 80.5 Å². The fourth-order valence-electron chi connectivity index (χ4n) is 3.72. The first-order valence-corrected chi connectivity index (χ1v) is 9.88. The van der Waals surface area contributed by atoms with Gasteiger partial charge in [-0.05, 0) is 37.5 Å². The van der Waals surface area contributed by atoms with Crippen LogP contribution in [0.3, 0.4) is 0 Å². The summed E-state index contributed by atoms with van der Waals surface area (Å²) >= 11 is 0. The molecule has 7 nitrogen and oxygen atoms in total. The van der Waals surface area contributed by atoms with Gasteiger partial charge in [-0.15, -0.1) is 24.0 Å². The van der Waals surface area contributed by atoms with Gasteiger partial charge in [0.05, 0.1) is 26.9 Å². The molecule has 0 bridgehead atoms. The molecule has 2 fully saturated rings. The second kappa shape index (κ2) is 11.7. The summed E-state index contributed by atoms with van der Waals surface area (Å²) in [7, 11) is 1.63. The van der Waals surface area contributed by atoms with E-state index in [0.717, 1.165) is 69.8 Å². The lowest BCUT2D eigenvalue weighted by Gasteiger charge is -2.29. The maximum Gasteiger partial charge on any atom is 0.194 e. The lowest BCUT2D eigenvalue weighted by atomic mass is 10.1. The average molecular weight is 504 g/mol. The predicted octanol–water partition coefficient (Wildman–Crippen LogP) is 2.14. The Hall–Kier alpha value is -1.26. The first-order chi connectivity index (χ1) is 13.2. The van der Waals surface area contributed by atoms with Crippen molar-refractivity contribution in [1.82, 2.24) is 15.1 Å². The van der Waals surface area contributed by atoms with Crippen molar-refractivity contribution < 1.29 is 14.6 Å². The molecule has 8 heteroatoms. The molecular formula is C20H33IN4O3. The number of methoxy groups -OCH3 is 1. The number of ether oxygens (including phenoxy) is 2. The Kier molecular flexibility index (Phi) is 9.60. The molecule has 1 aromatic carbocycles. The molecule has 158 valence electrons. The largest absolute Gasteiger partial charge is 0.508 e. The first-order valence-electron chi connectivity index (χ1n) is 9.88. The van der Waals surface area contributed by atoms with Crippen LogP contribution in [0, 0.1) is 5.92 Å². The normalized spacial score (nSPS) is 20.7. The third kappa shape index (κ3) is 6.38. The third-order valence-corrected chi connectivity index (χ3v) is 5.23. The summed E-state index contributed by atoms with van der Waals surface area (Å²) in [5.74, 6) is 2.57. The van der Waals surface area contributed by atoms with Crippen LogP contribution in [0.15, 0.2) is 23.2 Å². The van der Waals surface area contributed by atoms with Gasteiger partial charge in [0.1, 0.15) is 11.5 Å². The van der Waals surface area contributed by atoms with Crippen molar-refractivity contribution in [2.24, 2.45) is 10.9 Å². The summed E-state index contributed by atoms with van der Waals surface area (Å²) in [5.41, 5.74) is 0.772. The zero-order valence-corrected chi connectivity index (χ0v) is 19.2. The van der Waals surface area contributed by atoms with E-state index < -0.39 is 0 Å². The van der Waals surface area contributed by atoms with Gasteiger partial charge in [-0.2, -0.15) is 0 Å². The molecule has 0 aliphatic carbocycles. The van der Waals surface area contributed by atoms with E-state index in [1.807, 2.05) is 6.07 Å². The Balaban J connectivity index is 0.00000280. The van der Waals surface area contributed by atoms with Gasteiger partial charge in [0.25, 0.3) is 0 Å². The van der Waals surface area contributed by atoms with Gasteiger partial charge < -0.3 is 24.8 Å². The van der Waals surface area contributed by atoms with Crippen molar-refractivity contribution in [2.45, 2.75) is 19.9 Å². The fourth-order valence-corrected chi connectivity index (χ4v) is 3.72. The van der Waals surface area contributed by atoms with Crippen LogP contribution >= 0.6 is 24.0 Å². The Morgan fingerprint density at radius 2 is 2.11 bits per heavy atom. The summed E-state index contributed by atoms with van der Waals surface area (Å²) in [6, 6.07) is 5.25. The molecule has 0 amide bonds. The minimum absolute atomic E-state index is 0. The number of morpholine rings is 1. The van der Waals surface area contributed by atoms with Crippen LogP contribution < -0.4 is 10.1 Å². The Labute approximate surface area is 185 Å². The second-order valence-corrected chi connectivity index (χ2v) is 7.18. The number of phenols is 1. The van der Waals surface area contributed by atoms with E-state index in [1.54, 1.807) is 19.2 Å². The van der Waals surface area contributed by atoms with Crippen LogP contribution in [0.2, 0.25) is 0 Å². The molecule has 0 spiro atoms. The maximum absolute atomic E-state index is 10.1. The average Bonchev–Trinajstić information content (AvgIpc) is 3.15. The minimum atomic E-state index is 0. The number of benzene rings is 1. The predicted molar refractivity (Wildman–Crippen MR) is 122 cm³/mol. The fraction of sp³-hybridized carbons (Fsp3) is 0.650. The molecule has 28 heavy (non-hydrogen) atoms. The van der Waals surface area contributed by atoms with Gasteiger partial charge in [0.2, 0.25) is 0 Å². The Bertz CT molecular complexity index is 638. The Morgan fingerprint density at radius 3 is 2.82 bits per heavy atom. The number of aromatic hydroxyl groups is 1. The molecule has 2 N–H and O–H groups in total. The highest BCUT2D eigenvalue weighted by atomic mass is 127. The van der Waals surface area contributed by atoms with E-state index in [0.29, 0.717) is 12.5 Å². The second-order valence-electron chi connectivity index (χ2n) is 7.18. The summed E-state index contributed by atoms with van der Waals surface area (Å²) in [6.45, 7) is 10.3. The van der Waals surface area contributed by atoms with Crippen molar-refractivity contribution in [3.05, 3.63) is 23.8 Å². The van der Waals surface area contributed by atoms with Crippen LogP contribution in [0.25, 0.3) is 0 Å². The van der Waals surface area contributed by atoms with Gasteiger partial charge >= 0.3 is 0 Å². The van der Waals surface area contributed by atoms with E-state index in [-0.39, 0.29) is 29.7 Å². The molecule has 1 atom stereocenters. The molecular weight excluding hydrogens is 471 g/mol. The van der Waals surface area contributed by atoms with E-state index in [9.17, 15) is 5.11 Å². The van der Waals surface area contributed by atoms with E-state index in [2.05, 4.69) is 22.0 Å². The standard InChI is InChI=1S/C20H32N4O3.HI/c1-3-21-20(22-13-17-12-18(26-2)4-5-19(17)25)24-7-6-16(15-24)14-23-8-10-27-11-9-23;/h4-5,12,16,25H,3,6-11,13-15H2,1-2H3,(H,21,22);1H. The van der Waals surface area contributed by atoms with Gasteiger partial charge in [-0.25, -0.2) is 4.99 Å². The van der Waals surface area contributed by atoms with Crippen LogP contribution in [0.5, 0.6) is 11.5 Å². The molecule has 2 aliphatic heterocycles. The number of nitrogens with one attached hydrogen (secondary N) is 1. The summed E-state index contributed by atoms with van der Waals surface area (Å²) in [5, 5.41) is 13.5. The molecule has 2 heterocycles. The van der Waals surface area contributed by atoms with Gasteiger partial charge in [0.15, 0.2) is 5.96 Å². The van der Waals surface area contributed by atoms with Crippen LogP contribution in [0.1, 0.15) is 18.9 Å². The molecule has 0 radical (unpaired) electrons. The molecule has 1 unspecified atom stereocenters. The number of guanidine groups is 1. The zero-order chi connectivity index (χ0) is 19.1. The number of halogens is 1. The highest BCUT2D eigenvalue weighted by Crippen LogP contribution is 2.24. The van der Waals surface area contributed by atoms with Crippen molar-refractivity contribution >= 4 is 29.9 Å². The number of aliphatic imine (C=N–C) groups is 1. The number of rotatable bonds is 6. The topological polar surface area (TPSA) is 69.6 Å². The number of nitrogens with zero attached hydrogens (tertiary/aromatic N) is 3. The monoisotopic (exact) mass is 504 g/mol.